The lowest BCUT2D eigenvalue weighted by molar-refractivity contribution is 0.571. The zero-order chi connectivity index (χ0) is 12.0. The molecule has 0 bridgehead atoms. The van der Waals surface area contributed by atoms with E-state index >= 15 is 0 Å². The van der Waals surface area contributed by atoms with E-state index in [9.17, 15) is 13.6 Å². The van der Waals surface area contributed by atoms with Gasteiger partial charge in [-0.15, -0.1) is 0 Å². The maximum Gasteiger partial charge on any atom is 0.271 e. The molecule has 1 aromatic heterocycles. The van der Waals surface area contributed by atoms with Crippen LogP contribution in [0.15, 0.2) is 29.1 Å². The molecule has 5 heteroatoms. The highest BCUT2D eigenvalue weighted by atomic mass is 19.1. The fourth-order valence-corrected chi connectivity index (χ4v) is 1.86. The number of rotatable bonds is 2. The lowest BCUT2D eigenvalue weighted by Gasteiger charge is -2.03. The number of halogens is 2. The molecule has 88 valence electrons. The summed E-state index contributed by atoms with van der Waals surface area (Å²) in [7, 11) is 0. The van der Waals surface area contributed by atoms with Crippen molar-refractivity contribution in [1.82, 2.24) is 9.78 Å². The van der Waals surface area contributed by atoms with E-state index in [-0.39, 0.29) is 11.2 Å². The highest BCUT2D eigenvalue weighted by Crippen LogP contribution is 2.38. The molecule has 0 amide bonds. The summed E-state index contributed by atoms with van der Waals surface area (Å²) in [4.78, 5) is 11.7. The van der Waals surface area contributed by atoms with E-state index in [1.165, 1.54) is 12.1 Å². The summed E-state index contributed by atoms with van der Waals surface area (Å²) in [5.41, 5.74) is 0.541. The normalized spacial score (nSPS) is 15.2. The van der Waals surface area contributed by atoms with Gasteiger partial charge in [-0.1, -0.05) is 0 Å². The number of nitrogens with zero attached hydrogens (tertiary/aromatic N) is 1. The summed E-state index contributed by atoms with van der Waals surface area (Å²) in [6.07, 6.45) is 2.09. The lowest BCUT2D eigenvalue weighted by Crippen LogP contribution is -2.15. The van der Waals surface area contributed by atoms with Crippen LogP contribution in [0.2, 0.25) is 0 Å². The Labute approximate surface area is 95.7 Å². The minimum Gasteiger partial charge on any atom is -0.295 e. The molecule has 1 heterocycles. The predicted molar refractivity (Wildman–Crippen MR) is 58.3 cm³/mol. The Morgan fingerprint density at radius 3 is 2.65 bits per heavy atom. The van der Waals surface area contributed by atoms with Crippen LogP contribution >= 0.6 is 0 Å². The van der Waals surface area contributed by atoms with Crippen LogP contribution in [-0.2, 0) is 0 Å². The number of benzene rings is 1. The molecule has 3 rings (SSSR count). The van der Waals surface area contributed by atoms with Crippen LogP contribution in [0.5, 0.6) is 0 Å². The summed E-state index contributed by atoms with van der Waals surface area (Å²) in [5.74, 6) is -1.03. The highest BCUT2D eigenvalue weighted by Gasteiger charge is 2.26. The second kappa shape index (κ2) is 3.55. The third-order valence-corrected chi connectivity index (χ3v) is 2.91. The molecule has 0 aliphatic heterocycles. The van der Waals surface area contributed by atoms with Crippen LogP contribution in [0, 0.1) is 11.6 Å². The molecule has 1 fully saturated rings. The first-order valence-corrected chi connectivity index (χ1v) is 5.42. The van der Waals surface area contributed by atoms with Crippen molar-refractivity contribution in [1.29, 1.82) is 0 Å². The Morgan fingerprint density at radius 2 is 2.00 bits per heavy atom. The van der Waals surface area contributed by atoms with E-state index in [0.29, 0.717) is 5.92 Å². The molecule has 1 aliphatic rings. The van der Waals surface area contributed by atoms with Gasteiger partial charge in [0.1, 0.15) is 11.5 Å². The van der Waals surface area contributed by atoms with Crippen molar-refractivity contribution in [3.05, 3.63) is 51.9 Å². The van der Waals surface area contributed by atoms with Gasteiger partial charge in [0.25, 0.3) is 5.56 Å². The largest absolute Gasteiger partial charge is 0.295 e. The third kappa shape index (κ3) is 1.77. The second-order valence-electron chi connectivity index (χ2n) is 4.26. The number of nitrogens with one attached hydrogen (secondary N) is 1. The average Bonchev–Trinajstić information content (AvgIpc) is 3.04. The zero-order valence-electron chi connectivity index (χ0n) is 8.91. The van der Waals surface area contributed by atoms with Gasteiger partial charge in [-0.25, -0.2) is 13.5 Å². The quantitative estimate of drug-likeness (QED) is 0.853. The number of hydrogen-bond donors (Lipinski definition) is 1. The summed E-state index contributed by atoms with van der Waals surface area (Å²) < 4.78 is 27.4. The van der Waals surface area contributed by atoms with Crippen LogP contribution in [0.3, 0.4) is 0 Å². The molecule has 2 aromatic rings. The Balaban J connectivity index is 2.11. The van der Waals surface area contributed by atoms with Gasteiger partial charge in [0.15, 0.2) is 5.82 Å². The van der Waals surface area contributed by atoms with Crippen LogP contribution in [0.4, 0.5) is 8.78 Å². The van der Waals surface area contributed by atoms with Crippen LogP contribution in [0.25, 0.3) is 5.69 Å². The summed E-state index contributed by atoms with van der Waals surface area (Å²) in [6.45, 7) is 0. The molecular formula is C12H10F2N2O. The molecule has 0 spiro atoms. The molecule has 1 saturated carbocycles. The minimum atomic E-state index is -0.753. The predicted octanol–water partition coefficient (Wildman–Crippen LogP) is 2.32. The maximum absolute atomic E-state index is 13.5. The van der Waals surface area contributed by atoms with Gasteiger partial charge in [0.05, 0.1) is 0 Å². The van der Waals surface area contributed by atoms with Crippen LogP contribution in [-0.4, -0.2) is 9.78 Å². The van der Waals surface area contributed by atoms with E-state index in [4.69, 9.17) is 0 Å². The van der Waals surface area contributed by atoms with Crippen LogP contribution < -0.4 is 5.56 Å². The van der Waals surface area contributed by atoms with E-state index in [2.05, 4.69) is 5.10 Å². The third-order valence-electron chi connectivity index (χ3n) is 2.91. The van der Waals surface area contributed by atoms with Crippen LogP contribution in [0.1, 0.15) is 24.5 Å². The zero-order valence-corrected chi connectivity index (χ0v) is 8.91. The van der Waals surface area contributed by atoms with Gasteiger partial charge < -0.3 is 0 Å². The minimum absolute atomic E-state index is 0.0447. The Kier molecular flexibility index (Phi) is 2.14. The Bertz CT molecular complexity index is 626. The van der Waals surface area contributed by atoms with Crippen molar-refractivity contribution in [2.75, 3.05) is 0 Å². The van der Waals surface area contributed by atoms with E-state index in [0.717, 1.165) is 35.4 Å². The van der Waals surface area contributed by atoms with E-state index in [1.807, 2.05) is 0 Å². The number of aromatic amines is 1. The molecule has 0 atom stereocenters. The Morgan fingerprint density at radius 1 is 1.24 bits per heavy atom. The molecule has 0 radical (unpaired) electrons. The molecule has 1 N–H and O–H groups in total. The number of H-pyrrole nitrogens is 1. The van der Waals surface area contributed by atoms with Gasteiger partial charge in [0.2, 0.25) is 0 Å². The molecule has 17 heavy (non-hydrogen) atoms. The lowest BCUT2D eigenvalue weighted by atomic mass is 10.3. The van der Waals surface area contributed by atoms with E-state index < -0.39 is 11.6 Å². The maximum atomic E-state index is 13.5. The first-order chi connectivity index (χ1) is 8.15. The first-order valence-electron chi connectivity index (χ1n) is 5.42. The molecule has 0 unspecified atom stereocenters. The SMILES string of the molecule is O=c1cc(C2CC2)[nH]n1-c1ccc(F)cc1F. The molecule has 1 aromatic carbocycles. The highest BCUT2D eigenvalue weighted by molar-refractivity contribution is 5.33. The van der Waals surface area contributed by atoms with Crippen molar-refractivity contribution in [3.8, 4) is 5.69 Å². The van der Waals surface area contributed by atoms with E-state index in [1.54, 1.807) is 0 Å². The van der Waals surface area contributed by atoms with Gasteiger partial charge in [-0.2, -0.15) is 0 Å². The molecule has 0 saturated heterocycles. The average molecular weight is 236 g/mol. The summed E-state index contributed by atoms with van der Waals surface area (Å²) in [6, 6.07) is 4.61. The standard InChI is InChI=1S/C12H10F2N2O/c13-8-3-4-11(9(14)5-8)16-12(17)6-10(15-16)7-1-2-7/h3-7,15H,1-2H2. The fourth-order valence-electron chi connectivity index (χ4n) is 1.86. The van der Waals surface area contributed by atoms with Gasteiger partial charge >= 0.3 is 0 Å². The van der Waals surface area contributed by atoms with Gasteiger partial charge in [-0.3, -0.25) is 9.89 Å². The Hall–Kier alpha value is -1.91. The molecule has 3 nitrogen and oxygen atoms in total. The number of hydrogen-bond acceptors (Lipinski definition) is 1. The van der Waals surface area contributed by atoms with Gasteiger partial charge in [-0.05, 0) is 25.0 Å². The van der Waals surface area contributed by atoms with Gasteiger partial charge in [0, 0.05) is 23.7 Å². The number of aromatic nitrogens is 2. The summed E-state index contributed by atoms with van der Waals surface area (Å²) in [5, 5.41) is 2.86. The topological polar surface area (TPSA) is 37.8 Å². The second-order valence-corrected chi connectivity index (χ2v) is 4.26. The van der Waals surface area contributed by atoms with Crippen molar-refractivity contribution < 1.29 is 8.78 Å². The van der Waals surface area contributed by atoms with Crippen molar-refractivity contribution >= 4 is 0 Å². The first kappa shape index (κ1) is 10.3. The molecule has 1 aliphatic carbocycles. The molecular weight excluding hydrogens is 226 g/mol. The van der Waals surface area contributed by atoms with Crippen molar-refractivity contribution in [2.45, 2.75) is 18.8 Å². The fraction of sp³-hybridized carbons (Fsp3) is 0.250. The smallest absolute Gasteiger partial charge is 0.271 e. The monoisotopic (exact) mass is 236 g/mol. The summed E-state index contributed by atoms with van der Waals surface area (Å²) >= 11 is 0. The van der Waals surface area contributed by atoms with Crippen molar-refractivity contribution in [3.63, 3.8) is 0 Å². The van der Waals surface area contributed by atoms with Crippen molar-refractivity contribution in [2.24, 2.45) is 0 Å².